The van der Waals surface area contributed by atoms with Crippen LogP contribution in [0.3, 0.4) is 0 Å². The minimum absolute atomic E-state index is 0.0359. The number of aliphatic hydroxyl groups is 1. The summed E-state index contributed by atoms with van der Waals surface area (Å²) >= 11 is 0. The van der Waals surface area contributed by atoms with Crippen LogP contribution in [0.5, 0.6) is 0 Å². The Hall–Kier alpha value is -0.120. The number of hydrogen-bond acceptors (Lipinski definition) is 3. The summed E-state index contributed by atoms with van der Waals surface area (Å²) in [6.07, 6.45) is 1.90. The lowest BCUT2D eigenvalue weighted by Crippen LogP contribution is -2.50. The third-order valence-corrected chi connectivity index (χ3v) is 2.70. The van der Waals surface area contributed by atoms with Gasteiger partial charge in [-0.2, -0.15) is 0 Å². The number of likely N-dealkylation sites (tertiary alicyclic amines) is 1. The molecule has 66 valence electrons. The summed E-state index contributed by atoms with van der Waals surface area (Å²) in [5, 5.41) is 9.39. The number of nitrogens with zero attached hydrogens (tertiary/aromatic N) is 1. The minimum Gasteiger partial charge on any atom is -0.379 e. The van der Waals surface area contributed by atoms with Crippen LogP contribution in [-0.2, 0) is 0 Å². The smallest absolute Gasteiger partial charge is 0.105 e. The third-order valence-electron chi connectivity index (χ3n) is 2.70. The lowest BCUT2D eigenvalue weighted by Gasteiger charge is -2.36. The molecule has 0 aromatic heterocycles. The molecule has 0 aromatic carbocycles. The van der Waals surface area contributed by atoms with Crippen LogP contribution < -0.4 is 5.73 Å². The summed E-state index contributed by atoms with van der Waals surface area (Å²) in [5.41, 5.74) is 5.68. The molecule has 0 aromatic rings. The quantitative estimate of drug-likeness (QED) is 0.601. The Labute approximate surface area is 68.2 Å². The second-order valence-electron chi connectivity index (χ2n) is 3.63. The number of nitrogens with two attached hydrogens (primary N) is 1. The summed E-state index contributed by atoms with van der Waals surface area (Å²) in [7, 11) is 0. The zero-order chi connectivity index (χ0) is 8.48. The first-order chi connectivity index (χ1) is 5.10. The first-order valence-corrected chi connectivity index (χ1v) is 4.25. The second kappa shape index (κ2) is 3.09. The van der Waals surface area contributed by atoms with E-state index in [0.29, 0.717) is 6.54 Å². The van der Waals surface area contributed by atoms with Gasteiger partial charge in [0.15, 0.2) is 0 Å². The molecule has 1 rings (SSSR count). The summed E-state index contributed by atoms with van der Waals surface area (Å²) in [5.74, 6) is 0. The molecule has 3 N–H and O–H groups in total. The fourth-order valence-corrected chi connectivity index (χ4v) is 1.90. The van der Waals surface area contributed by atoms with Gasteiger partial charge in [0.1, 0.15) is 6.23 Å². The van der Waals surface area contributed by atoms with Crippen molar-refractivity contribution in [2.24, 2.45) is 5.73 Å². The van der Waals surface area contributed by atoms with Crippen molar-refractivity contribution >= 4 is 0 Å². The Bertz CT molecular complexity index is 138. The Morgan fingerprint density at radius 1 is 1.73 bits per heavy atom. The average molecular weight is 158 g/mol. The van der Waals surface area contributed by atoms with Gasteiger partial charge in [-0.05, 0) is 26.7 Å². The maximum Gasteiger partial charge on any atom is 0.105 e. The van der Waals surface area contributed by atoms with Crippen LogP contribution in [0.15, 0.2) is 0 Å². The molecule has 1 fully saturated rings. The van der Waals surface area contributed by atoms with Crippen LogP contribution in [-0.4, -0.2) is 34.9 Å². The van der Waals surface area contributed by atoms with E-state index in [0.717, 1.165) is 19.4 Å². The Morgan fingerprint density at radius 2 is 2.36 bits per heavy atom. The molecular formula is C8H18N2O. The fourth-order valence-electron chi connectivity index (χ4n) is 1.90. The van der Waals surface area contributed by atoms with Gasteiger partial charge in [-0.25, -0.2) is 0 Å². The highest BCUT2D eigenvalue weighted by Gasteiger charge is 2.37. The van der Waals surface area contributed by atoms with E-state index in [9.17, 15) is 5.11 Å². The summed E-state index contributed by atoms with van der Waals surface area (Å²) < 4.78 is 0. The predicted octanol–water partition coefficient (Wildman–Crippen LogP) is 0.138. The molecule has 3 heteroatoms. The largest absolute Gasteiger partial charge is 0.379 e. The third kappa shape index (κ3) is 1.55. The van der Waals surface area contributed by atoms with Crippen molar-refractivity contribution in [2.75, 3.05) is 13.1 Å². The number of aliphatic hydroxyl groups excluding tert-OH is 1. The van der Waals surface area contributed by atoms with Crippen LogP contribution >= 0.6 is 0 Å². The van der Waals surface area contributed by atoms with E-state index >= 15 is 0 Å². The van der Waals surface area contributed by atoms with Crippen molar-refractivity contribution in [3.05, 3.63) is 0 Å². The maximum absolute atomic E-state index is 9.39. The zero-order valence-electron chi connectivity index (χ0n) is 7.38. The van der Waals surface area contributed by atoms with E-state index < -0.39 is 0 Å². The first kappa shape index (κ1) is 8.97. The number of hydrogen-bond donors (Lipinski definition) is 2. The molecule has 0 saturated carbocycles. The molecule has 0 aliphatic carbocycles. The van der Waals surface area contributed by atoms with Crippen LogP contribution in [0.1, 0.15) is 26.7 Å². The minimum atomic E-state index is -0.356. The van der Waals surface area contributed by atoms with Gasteiger partial charge in [-0.1, -0.05) is 0 Å². The number of rotatable bonds is 2. The average Bonchev–Trinajstić information content (AvgIpc) is 2.32. The lowest BCUT2D eigenvalue weighted by atomic mass is 9.99. The predicted molar refractivity (Wildman–Crippen MR) is 45.1 cm³/mol. The van der Waals surface area contributed by atoms with Crippen molar-refractivity contribution in [1.29, 1.82) is 0 Å². The van der Waals surface area contributed by atoms with Crippen LogP contribution in [0.25, 0.3) is 0 Å². The SMILES string of the molecule is CC(O)N1CCCC1(C)CN. The zero-order valence-corrected chi connectivity index (χ0v) is 7.38. The molecule has 1 aliphatic rings. The lowest BCUT2D eigenvalue weighted by molar-refractivity contribution is -0.0232. The van der Waals surface area contributed by atoms with Crippen molar-refractivity contribution < 1.29 is 5.11 Å². The maximum atomic E-state index is 9.39. The molecule has 0 amide bonds. The summed E-state index contributed by atoms with van der Waals surface area (Å²) in [6, 6.07) is 0. The van der Waals surface area contributed by atoms with E-state index in [4.69, 9.17) is 5.73 Å². The standard InChI is InChI=1S/C8H18N2O/c1-7(11)10-5-3-4-8(10,2)6-9/h7,11H,3-6,9H2,1-2H3. The fraction of sp³-hybridized carbons (Fsp3) is 1.00. The normalized spacial score (nSPS) is 36.0. The molecule has 2 unspecified atom stereocenters. The Kier molecular flexibility index (Phi) is 2.52. The van der Waals surface area contributed by atoms with Gasteiger partial charge in [-0.15, -0.1) is 0 Å². The van der Waals surface area contributed by atoms with Gasteiger partial charge in [-0.3, -0.25) is 4.90 Å². The first-order valence-electron chi connectivity index (χ1n) is 4.25. The molecule has 11 heavy (non-hydrogen) atoms. The Morgan fingerprint density at radius 3 is 2.73 bits per heavy atom. The molecule has 1 saturated heterocycles. The monoisotopic (exact) mass is 158 g/mol. The van der Waals surface area contributed by atoms with E-state index in [-0.39, 0.29) is 11.8 Å². The van der Waals surface area contributed by atoms with E-state index in [1.807, 2.05) is 0 Å². The Balaban J connectivity index is 2.64. The molecule has 0 radical (unpaired) electrons. The highest BCUT2D eigenvalue weighted by atomic mass is 16.3. The van der Waals surface area contributed by atoms with Crippen LogP contribution in [0.2, 0.25) is 0 Å². The highest BCUT2D eigenvalue weighted by Crippen LogP contribution is 2.28. The summed E-state index contributed by atoms with van der Waals surface area (Å²) in [6.45, 7) is 5.54. The molecule has 0 bridgehead atoms. The van der Waals surface area contributed by atoms with E-state index in [2.05, 4.69) is 11.8 Å². The van der Waals surface area contributed by atoms with E-state index in [1.165, 1.54) is 0 Å². The van der Waals surface area contributed by atoms with Gasteiger partial charge in [0.25, 0.3) is 0 Å². The van der Waals surface area contributed by atoms with Gasteiger partial charge in [0.2, 0.25) is 0 Å². The van der Waals surface area contributed by atoms with E-state index in [1.54, 1.807) is 6.92 Å². The van der Waals surface area contributed by atoms with Crippen molar-refractivity contribution in [2.45, 2.75) is 38.5 Å². The molecule has 1 heterocycles. The van der Waals surface area contributed by atoms with Gasteiger partial charge >= 0.3 is 0 Å². The van der Waals surface area contributed by atoms with Crippen molar-refractivity contribution in [3.8, 4) is 0 Å². The van der Waals surface area contributed by atoms with Gasteiger partial charge in [0.05, 0.1) is 0 Å². The second-order valence-corrected chi connectivity index (χ2v) is 3.63. The van der Waals surface area contributed by atoms with Gasteiger partial charge in [0, 0.05) is 18.6 Å². The molecular weight excluding hydrogens is 140 g/mol. The molecule has 2 atom stereocenters. The molecule has 0 spiro atoms. The van der Waals surface area contributed by atoms with Gasteiger partial charge < -0.3 is 10.8 Å². The van der Waals surface area contributed by atoms with Crippen molar-refractivity contribution in [3.63, 3.8) is 0 Å². The van der Waals surface area contributed by atoms with Crippen molar-refractivity contribution in [1.82, 2.24) is 4.90 Å². The topological polar surface area (TPSA) is 49.5 Å². The highest BCUT2D eigenvalue weighted by molar-refractivity contribution is 4.92. The summed E-state index contributed by atoms with van der Waals surface area (Å²) in [4.78, 5) is 2.08. The molecule has 3 nitrogen and oxygen atoms in total. The molecule has 1 aliphatic heterocycles. The van der Waals surface area contributed by atoms with Crippen LogP contribution in [0, 0.1) is 0 Å². The van der Waals surface area contributed by atoms with Crippen LogP contribution in [0.4, 0.5) is 0 Å².